The molecule has 0 radical (unpaired) electrons. The fraction of sp³-hybridized carbons (Fsp3) is 0.190. The monoisotopic (exact) mass is 507 g/mol. The standard InChI is InChI=1S/C21H17ClF3N7O3/c1-26-17(33)9-32-20(34)28-19(27-16-5-11-8-30(2)29-15(11)6-12(16)22)31(21(32)35)7-10-3-13(23)18(25)14(24)4-10/h3-6,8H,7,9H2,1-2H3,(H,26,33)(H,27,28,34). The average molecular weight is 508 g/mol. The molecule has 0 saturated heterocycles. The summed E-state index contributed by atoms with van der Waals surface area (Å²) >= 11 is 6.33. The molecule has 2 aromatic carbocycles. The van der Waals surface area contributed by atoms with Gasteiger partial charge in [0, 0.05) is 25.7 Å². The number of amides is 1. The molecule has 1 amide bonds. The zero-order valence-electron chi connectivity index (χ0n) is 18.3. The predicted octanol–water partition coefficient (Wildman–Crippen LogP) is 1.90. The van der Waals surface area contributed by atoms with Gasteiger partial charge in [-0.1, -0.05) is 11.6 Å². The van der Waals surface area contributed by atoms with E-state index in [0.717, 1.165) is 4.57 Å². The summed E-state index contributed by atoms with van der Waals surface area (Å²) in [6, 6.07) is 4.57. The van der Waals surface area contributed by atoms with Crippen LogP contribution in [0, 0.1) is 17.5 Å². The van der Waals surface area contributed by atoms with E-state index in [4.69, 9.17) is 11.6 Å². The Balaban J connectivity index is 1.86. The van der Waals surface area contributed by atoms with Gasteiger partial charge >= 0.3 is 11.4 Å². The number of carbonyl (C=O) groups excluding carboxylic acids is 1. The predicted molar refractivity (Wildman–Crippen MR) is 121 cm³/mol. The van der Waals surface area contributed by atoms with E-state index >= 15 is 0 Å². The summed E-state index contributed by atoms with van der Waals surface area (Å²) in [6.45, 7) is -1.15. The van der Waals surface area contributed by atoms with E-state index in [9.17, 15) is 27.6 Å². The first kappa shape index (κ1) is 24.0. The fourth-order valence-corrected chi connectivity index (χ4v) is 3.60. The number of benzene rings is 2. The maximum absolute atomic E-state index is 13.8. The third-order valence-corrected chi connectivity index (χ3v) is 5.38. The molecule has 0 atom stereocenters. The largest absolute Gasteiger partial charge is 0.358 e. The fourth-order valence-electron chi connectivity index (χ4n) is 3.39. The van der Waals surface area contributed by atoms with E-state index in [1.807, 2.05) is 0 Å². The average Bonchev–Trinajstić information content (AvgIpc) is 3.16. The summed E-state index contributed by atoms with van der Waals surface area (Å²) in [4.78, 5) is 41.4. The molecule has 0 fully saturated rings. The normalized spacial score (nSPS) is 11.1. The van der Waals surface area contributed by atoms with Gasteiger partial charge in [-0.2, -0.15) is 10.1 Å². The van der Waals surface area contributed by atoms with Crippen LogP contribution in [-0.4, -0.2) is 36.9 Å². The summed E-state index contributed by atoms with van der Waals surface area (Å²) in [5.41, 5.74) is -1.33. The molecule has 0 unspecified atom stereocenters. The number of hydrogen-bond acceptors (Lipinski definition) is 6. The maximum atomic E-state index is 13.8. The molecule has 2 aromatic heterocycles. The van der Waals surface area contributed by atoms with Gasteiger partial charge in [0.2, 0.25) is 11.9 Å². The molecule has 35 heavy (non-hydrogen) atoms. The van der Waals surface area contributed by atoms with Crippen molar-refractivity contribution in [1.29, 1.82) is 0 Å². The van der Waals surface area contributed by atoms with Crippen molar-refractivity contribution in [2.75, 3.05) is 12.4 Å². The van der Waals surface area contributed by atoms with Gasteiger partial charge in [-0.3, -0.25) is 14.0 Å². The molecule has 4 aromatic rings. The lowest BCUT2D eigenvalue weighted by Crippen LogP contribution is -2.45. The first-order valence-electron chi connectivity index (χ1n) is 10.0. The highest BCUT2D eigenvalue weighted by Crippen LogP contribution is 2.29. The first-order chi connectivity index (χ1) is 16.6. The second-order valence-corrected chi connectivity index (χ2v) is 7.95. The molecular formula is C21H17ClF3N7O3. The zero-order chi connectivity index (χ0) is 25.4. The van der Waals surface area contributed by atoms with Gasteiger partial charge < -0.3 is 10.6 Å². The van der Waals surface area contributed by atoms with Crippen LogP contribution in [0.1, 0.15) is 5.56 Å². The van der Waals surface area contributed by atoms with Gasteiger partial charge in [0.1, 0.15) is 6.54 Å². The van der Waals surface area contributed by atoms with Crippen molar-refractivity contribution in [2.45, 2.75) is 13.1 Å². The minimum absolute atomic E-state index is 0.132. The topological polar surface area (TPSA) is 116 Å². The van der Waals surface area contributed by atoms with E-state index in [1.54, 1.807) is 30.1 Å². The summed E-state index contributed by atoms with van der Waals surface area (Å²) < 4.78 is 44.0. The lowest BCUT2D eigenvalue weighted by Gasteiger charge is -2.16. The Hall–Kier alpha value is -4.13. The quantitative estimate of drug-likeness (QED) is 0.385. The molecule has 182 valence electrons. The number of rotatable bonds is 6. The molecule has 0 aliphatic rings. The molecule has 0 spiro atoms. The van der Waals surface area contributed by atoms with Crippen molar-refractivity contribution in [3.8, 4) is 0 Å². The molecular weight excluding hydrogens is 491 g/mol. The second kappa shape index (κ2) is 9.25. The van der Waals surface area contributed by atoms with Gasteiger partial charge in [-0.15, -0.1) is 0 Å². The Morgan fingerprint density at radius 1 is 1.09 bits per heavy atom. The molecule has 2 N–H and O–H groups in total. The first-order valence-corrected chi connectivity index (χ1v) is 10.4. The molecule has 0 saturated carbocycles. The van der Waals surface area contributed by atoms with Crippen LogP contribution in [0.3, 0.4) is 0 Å². The smallest absolute Gasteiger partial charge is 0.355 e. The van der Waals surface area contributed by atoms with E-state index < -0.39 is 47.8 Å². The van der Waals surface area contributed by atoms with Crippen LogP contribution in [0.5, 0.6) is 0 Å². The van der Waals surface area contributed by atoms with Crippen LogP contribution in [0.15, 0.2) is 40.1 Å². The Morgan fingerprint density at radius 2 is 1.77 bits per heavy atom. The number of hydrogen-bond donors (Lipinski definition) is 2. The lowest BCUT2D eigenvalue weighted by molar-refractivity contribution is -0.121. The van der Waals surface area contributed by atoms with Gasteiger partial charge in [0.15, 0.2) is 17.5 Å². The number of likely N-dealkylation sites (N-methyl/N-ethyl adjacent to an activating group) is 1. The van der Waals surface area contributed by atoms with Gasteiger partial charge in [0.25, 0.3) is 0 Å². The van der Waals surface area contributed by atoms with Crippen LogP contribution in [-0.2, 0) is 24.9 Å². The Labute approximate surface area is 199 Å². The van der Waals surface area contributed by atoms with Crippen molar-refractivity contribution in [1.82, 2.24) is 29.2 Å². The third-order valence-electron chi connectivity index (χ3n) is 5.07. The number of aryl methyl sites for hydroxylation is 1. The van der Waals surface area contributed by atoms with E-state index in [2.05, 4.69) is 20.7 Å². The molecule has 10 nitrogen and oxygen atoms in total. The number of nitrogens with one attached hydrogen (secondary N) is 2. The molecule has 4 rings (SSSR count). The van der Waals surface area contributed by atoms with Crippen LogP contribution in [0.4, 0.5) is 24.8 Å². The summed E-state index contributed by atoms with van der Waals surface area (Å²) in [5.74, 6) is -5.55. The number of anilines is 2. The van der Waals surface area contributed by atoms with Crippen LogP contribution >= 0.6 is 11.6 Å². The summed E-state index contributed by atoms with van der Waals surface area (Å²) in [6.07, 6.45) is 1.71. The van der Waals surface area contributed by atoms with Gasteiger partial charge in [-0.05, 0) is 29.8 Å². The van der Waals surface area contributed by atoms with Crippen LogP contribution < -0.4 is 22.0 Å². The van der Waals surface area contributed by atoms with E-state index in [0.29, 0.717) is 27.6 Å². The van der Waals surface area contributed by atoms with Crippen LogP contribution in [0.2, 0.25) is 5.02 Å². The molecule has 14 heteroatoms. The van der Waals surface area contributed by atoms with Crippen molar-refractivity contribution >= 4 is 40.0 Å². The minimum atomic E-state index is -1.67. The molecule has 0 bridgehead atoms. The lowest BCUT2D eigenvalue weighted by atomic mass is 10.2. The van der Waals surface area contributed by atoms with Crippen molar-refractivity contribution < 1.29 is 18.0 Å². The highest BCUT2D eigenvalue weighted by Gasteiger charge is 2.19. The van der Waals surface area contributed by atoms with Crippen molar-refractivity contribution in [3.05, 3.63) is 79.5 Å². The van der Waals surface area contributed by atoms with E-state index in [1.165, 1.54) is 7.05 Å². The van der Waals surface area contributed by atoms with Crippen molar-refractivity contribution in [2.24, 2.45) is 7.05 Å². The number of carbonyl (C=O) groups is 1. The maximum Gasteiger partial charge on any atom is 0.355 e. The van der Waals surface area contributed by atoms with Gasteiger partial charge in [-0.25, -0.2) is 27.3 Å². The SMILES string of the molecule is CNC(=O)Cn1c(=O)nc(Nc2cc3cn(C)nc3cc2Cl)n(Cc2cc(F)c(F)c(F)c2)c1=O. The number of halogens is 4. The third kappa shape index (κ3) is 4.75. The Kier molecular flexibility index (Phi) is 6.35. The summed E-state index contributed by atoms with van der Waals surface area (Å²) in [5, 5.41) is 10.2. The number of nitrogens with zero attached hydrogens (tertiary/aromatic N) is 5. The van der Waals surface area contributed by atoms with Crippen molar-refractivity contribution in [3.63, 3.8) is 0 Å². The Bertz CT molecular complexity index is 1570. The van der Waals surface area contributed by atoms with Crippen LogP contribution in [0.25, 0.3) is 10.9 Å². The second-order valence-electron chi connectivity index (χ2n) is 7.54. The minimum Gasteiger partial charge on any atom is -0.358 e. The number of aromatic nitrogens is 5. The molecule has 0 aliphatic carbocycles. The highest BCUT2D eigenvalue weighted by atomic mass is 35.5. The summed E-state index contributed by atoms with van der Waals surface area (Å²) in [7, 11) is 3.03. The molecule has 2 heterocycles. The zero-order valence-corrected chi connectivity index (χ0v) is 19.0. The van der Waals surface area contributed by atoms with Gasteiger partial charge in [0.05, 0.1) is 22.8 Å². The highest BCUT2D eigenvalue weighted by molar-refractivity contribution is 6.34. The number of fused-ring (bicyclic) bond motifs is 1. The van der Waals surface area contributed by atoms with E-state index in [-0.39, 0.29) is 22.2 Å². The molecule has 0 aliphatic heterocycles. The Morgan fingerprint density at radius 3 is 2.43 bits per heavy atom.